The van der Waals surface area contributed by atoms with Crippen molar-refractivity contribution in [1.82, 2.24) is 15.0 Å². The molecule has 3 heterocycles. The van der Waals surface area contributed by atoms with Crippen LogP contribution in [0, 0.1) is 5.92 Å². The van der Waals surface area contributed by atoms with Gasteiger partial charge in [0.2, 0.25) is 17.1 Å². The molecule has 5 rings (SSSR count). The van der Waals surface area contributed by atoms with Crippen molar-refractivity contribution in [3.8, 4) is 5.88 Å². The first-order valence-electron chi connectivity index (χ1n) is 12.3. The molecule has 1 amide bonds. The molecule has 0 saturated heterocycles. The molecule has 2 aromatic heterocycles. The number of pyridine rings is 1. The molecule has 1 unspecified atom stereocenters. The summed E-state index contributed by atoms with van der Waals surface area (Å²) in [6.45, 7) is 2.59. The molecular formula is C26H26ClF3N6O2. The number of hydrogen-bond donors (Lipinski definition) is 2. The van der Waals surface area contributed by atoms with Crippen LogP contribution in [0.2, 0.25) is 5.28 Å². The van der Waals surface area contributed by atoms with Crippen molar-refractivity contribution in [2.75, 3.05) is 29.1 Å². The molecule has 2 aliphatic rings. The zero-order valence-electron chi connectivity index (χ0n) is 20.6. The van der Waals surface area contributed by atoms with E-state index in [9.17, 15) is 18.0 Å². The molecule has 38 heavy (non-hydrogen) atoms. The summed E-state index contributed by atoms with van der Waals surface area (Å²) in [5.41, 5.74) is 7.65. The maximum atomic E-state index is 13.3. The molecule has 0 fully saturated rings. The number of nitrogen functional groups attached to an aromatic ring is 1. The summed E-state index contributed by atoms with van der Waals surface area (Å²) in [5.74, 6) is 1.08. The number of fused-ring (bicyclic) bond motifs is 2. The average molecular weight is 547 g/mol. The maximum Gasteiger partial charge on any atom is 0.416 e. The molecule has 1 aromatic carbocycles. The number of benzene rings is 1. The minimum Gasteiger partial charge on any atom is -0.474 e. The van der Waals surface area contributed by atoms with Gasteiger partial charge < -0.3 is 20.7 Å². The van der Waals surface area contributed by atoms with Crippen molar-refractivity contribution in [3.63, 3.8) is 0 Å². The lowest BCUT2D eigenvalue weighted by Gasteiger charge is -2.28. The van der Waals surface area contributed by atoms with Crippen LogP contribution in [-0.2, 0) is 23.8 Å². The lowest BCUT2D eigenvalue weighted by molar-refractivity contribution is -0.137. The summed E-state index contributed by atoms with van der Waals surface area (Å²) in [4.78, 5) is 27.6. The Balaban J connectivity index is 1.27. The van der Waals surface area contributed by atoms with Gasteiger partial charge in [-0.2, -0.15) is 13.2 Å². The minimum atomic E-state index is -4.51. The van der Waals surface area contributed by atoms with Crippen LogP contribution < -0.4 is 20.7 Å². The summed E-state index contributed by atoms with van der Waals surface area (Å²) < 4.78 is 45.4. The fourth-order valence-electron chi connectivity index (χ4n) is 4.99. The Labute approximate surface area is 222 Å². The quantitative estimate of drug-likeness (QED) is 0.322. The van der Waals surface area contributed by atoms with Crippen LogP contribution in [0.25, 0.3) is 0 Å². The zero-order chi connectivity index (χ0) is 27.0. The second-order valence-electron chi connectivity index (χ2n) is 9.55. The molecular weight excluding hydrogens is 521 g/mol. The largest absolute Gasteiger partial charge is 0.474 e. The Morgan fingerprint density at radius 2 is 2.11 bits per heavy atom. The normalized spacial score (nSPS) is 17.4. The van der Waals surface area contributed by atoms with Crippen molar-refractivity contribution >= 4 is 34.7 Å². The van der Waals surface area contributed by atoms with Crippen LogP contribution >= 0.6 is 11.6 Å². The number of carbonyl (C=O) groups excluding carboxylic acids is 1. The molecule has 0 saturated carbocycles. The molecule has 1 aliphatic carbocycles. The van der Waals surface area contributed by atoms with Crippen molar-refractivity contribution in [2.24, 2.45) is 5.92 Å². The SMILES string of the molecule is C[C@@H](Nc1nc(Cl)nc2c1CC(CCC(=O)N1CCOc3ncccc31)C2)c1cc(N)cc(C(F)(F)F)c1. The summed E-state index contributed by atoms with van der Waals surface area (Å²) >= 11 is 6.18. The van der Waals surface area contributed by atoms with Gasteiger partial charge in [-0.15, -0.1) is 0 Å². The molecule has 0 radical (unpaired) electrons. The van der Waals surface area contributed by atoms with E-state index in [1.165, 1.54) is 6.07 Å². The molecule has 2 atom stereocenters. The molecule has 3 N–H and O–H groups in total. The Kier molecular flexibility index (Phi) is 7.04. The van der Waals surface area contributed by atoms with Crippen LogP contribution in [0.1, 0.15) is 48.2 Å². The van der Waals surface area contributed by atoms with Crippen molar-refractivity contribution in [1.29, 1.82) is 0 Å². The van der Waals surface area contributed by atoms with Crippen LogP contribution in [0.3, 0.4) is 0 Å². The van der Waals surface area contributed by atoms with Gasteiger partial charge >= 0.3 is 6.18 Å². The van der Waals surface area contributed by atoms with Crippen LogP contribution in [-0.4, -0.2) is 34.0 Å². The van der Waals surface area contributed by atoms with Gasteiger partial charge in [0.15, 0.2) is 0 Å². The zero-order valence-corrected chi connectivity index (χ0v) is 21.3. The minimum absolute atomic E-state index is 0.00303. The van der Waals surface area contributed by atoms with E-state index in [4.69, 9.17) is 22.1 Å². The van der Waals surface area contributed by atoms with E-state index in [1.807, 2.05) is 6.07 Å². The Morgan fingerprint density at radius 1 is 1.29 bits per heavy atom. The smallest absolute Gasteiger partial charge is 0.416 e. The van der Waals surface area contributed by atoms with Gasteiger partial charge in [-0.25, -0.2) is 15.0 Å². The molecule has 0 spiro atoms. The number of nitrogens with one attached hydrogen (secondary N) is 1. The number of amides is 1. The highest BCUT2D eigenvalue weighted by Gasteiger charge is 2.32. The molecule has 0 bridgehead atoms. The monoisotopic (exact) mass is 546 g/mol. The number of anilines is 3. The Morgan fingerprint density at radius 3 is 2.89 bits per heavy atom. The van der Waals surface area contributed by atoms with E-state index >= 15 is 0 Å². The molecule has 1 aliphatic heterocycles. The van der Waals surface area contributed by atoms with Gasteiger partial charge in [0, 0.05) is 23.9 Å². The lowest BCUT2D eigenvalue weighted by Crippen LogP contribution is -2.38. The van der Waals surface area contributed by atoms with E-state index in [2.05, 4.69) is 20.3 Å². The lowest BCUT2D eigenvalue weighted by atomic mass is 9.99. The summed E-state index contributed by atoms with van der Waals surface area (Å²) in [6, 6.07) is 6.55. The third kappa shape index (κ3) is 5.47. The third-order valence-corrected chi connectivity index (χ3v) is 7.03. The van der Waals surface area contributed by atoms with E-state index in [0.29, 0.717) is 61.8 Å². The third-order valence-electron chi connectivity index (χ3n) is 6.86. The topological polar surface area (TPSA) is 106 Å². The number of nitrogens with two attached hydrogens (primary N) is 1. The van der Waals surface area contributed by atoms with Gasteiger partial charge in [-0.1, -0.05) is 0 Å². The van der Waals surface area contributed by atoms with Crippen molar-refractivity contribution < 1.29 is 22.7 Å². The van der Waals surface area contributed by atoms with Gasteiger partial charge in [0.1, 0.15) is 18.1 Å². The van der Waals surface area contributed by atoms with Gasteiger partial charge in [0.05, 0.1) is 23.8 Å². The molecule has 8 nitrogen and oxygen atoms in total. The number of rotatable bonds is 6. The van der Waals surface area contributed by atoms with Crippen LogP contribution in [0.5, 0.6) is 5.88 Å². The average Bonchev–Trinajstić information content (AvgIpc) is 3.29. The molecule has 200 valence electrons. The number of carbonyl (C=O) groups is 1. The number of nitrogens with zero attached hydrogens (tertiary/aromatic N) is 4. The van der Waals surface area contributed by atoms with Gasteiger partial charge in [-0.05, 0) is 79.6 Å². The number of ether oxygens (including phenoxy) is 1. The Hall–Kier alpha value is -3.60. The predicted octanol–water partition coefficient (Wildman–Crippen LogP) is 5.22. The summed E-state index contributed by atoms with van der Waals surface area (Å²) in [5, 5.41) is 3.25. The molecule has 3 aromatic rings. The summed E-state index contributed by atoms with van der Waals surface area (Å²) in [7, 11) is 0. The first kappa shape index (κ1) is 26.0. The van der Waals surface area contributed by atoms with E-state index in [-0.39, 0.29) is 22.8 Å². The first-order valence-corrected chi connectivity index (χ1v) is 12.6. The predicted molar refractivity (Wildman–Crippen MR) is 137 cm³/mol. The van der Waals surface area contributed by atoms with Gasteiger partial charge in [-0.3, -0.25) is 4.79 Å². The highest BCUT2D eigenvalue weighted by molar-refractivity contribution is 6.28. The highest BCUT2D eigenvalue weighted by atomic mass is 35.5. The van der Waals surface area contributed by atoms with Gasteiger partial charge in [0.25, 0.3) is 0 Å². The van der Waals surface area contributed by atoms with E-state index in [1.54, 1.807) is 24.1 Å². The second-order valence-corrected chi connectivity index (χ2v) is 9.89. The van der Waals surface area contributed by atoms with Crippen molar-refractivity contribution in [3.05, 3.63) is 64.2 Å². The van der Waals surface area contributed by atoms with Crippen LogP contribution in [0.4, 0.5) is 30.4 Å². The first-order chi connectivity index (χ1) is 18.1. The number of halogens is 4. The fraction of sp³-hybridized carbons (Fsp3) is 0.385. The number of hydrogen-bond acceptors (Lipinski definition) is 7. The number of alkyl halides is 3. The summed E-state index contributed by atoms with van der Waals surface area (Å²) in [6.07, 6.45) is -0.640. The molecule has 12 heteroatoms. The fourth-order valence-corrected chi connectivity index (χ4v) is 5.18. The van der Waals surface area contributed by atoms with Crippen LogP contribution in [0.15, 0.2) is 36.5 Å². The second kappa shape index (κ2) is 10.3. The standard InChI is InChI=1S/C26H26ClF3N6O2/c1-14(16-11-17(26(28,29)30)13-18(31)12-16)33-23-19-9-15(10-20(19)34-25(27)35-23)4-5-22(37)36-7-8-38-24-21(36)3-2-6-32-24/h2-3,6,11-15H,4-5,7-10,31H2,1H3,(H,33,34,35)/t14-,15?/m1/s1. The Bertz CT molecular complexity index is 1370. The van der Waals surface area contributed by atoms with Crippen molar-refractivity contribution in [2.45, 2.75) is 44.8 Å². The highest BCUT2D eigenvalue weighted by Crippen LogP contribution is 2.37. The van der Waals surface area contributed by atoms with E-state index in [0.717, 1.165) is 23.4 Å². The van der Waals surface area contributed by atoms with E-state index < -0.39 is 17.8 Å². The maximum absolute atomic E-state index is 13.3. The number of aromatic nitrogens is 3.